The maximum absolute atomic E-state index is 12.4. The van der Waals surface area contributed by atoms with Crippen molar-refractivity contribution in [3.63, 3.8) is 0 Å². The van der Waals surface area contributed by atoms with Gasteiger partial charge in [-0.1, -0.05) is 11.8 Å². The standard InChI is InChI=1S/C13H14N4O2S3/c1-2-17-11(19)10-8(3-5-20-10)15-13(17)22-7-9(18)16-12-14-4-6-21-12/h4,6H,2-3,5,7H2,1H3,(H,14,16,18). The van der Waals surface area contributed by atoms with Gasteiger partial charge in [-0.2, -0.15) is 0 Å². The van der Waals surface area contributed by atoms with E-state index in [9.17, 15) is 9.59 Å². The molecule has 1 aliphatic rings. The summed E-state index contributed by atoms with van der Waals surface area (Å²) in [4.78, 5) is 33.6. The number of nitrogens with one attached hydrogen (secondary N) is 1. The van der Waals surface area contributed by atoms with Crippen LogP contribution in [0.3, 0.4) is 0 Å². The minimum absolute atomic E-state index is 0.0119. The van der Waals surface area contributed by atoms with Crippen LogP contribution in [0.25, 0.3) is 0 Å². The Morgan fingerprint density at radius 1 is 1.55 bits per heavy atom. The second-order valence-electron chi connectivity index (χ2n) is 4.49. The number of amides is 1. The molecule has 3 heterocycles. The highest BCUT2D eigenvalue weighted by Crippen LogP contribution is 2.28. The van der Waals surface area contributed by atoms with Crippen molar-refractivity contribution < 1.29 is 4.79 Å². The Labute approximate surface area is 139 Å². The molecule has 0 bridgehead atoms. The summed E-state index contributed by atoms with van der Waals surface area (Å²) >= 11 is 4.23. The Bertz CT molecular complexity index is 742. The molecule has 0 atom stereocenters. The number of carbonyl (C=O) groups is 1. The molecule has 3 rings (SSSR count). The molecule has 0 radical (unpaired) electrons. The second kappa shape index (κ2) is 6.84. The molecule has 0 unspecified atom stereocenters. The number of aromatic nitrogens is 3. The van der Waals surface area contributed by atoms with Gasteiger partial charge in [0.15, 0.2) is 10.3 Å². The average molecular weight is 354 g/mol. The highest BCUT2D eigenvalue weighted by molar-refractivity contribution is 8.00. The summed E-state index contributed by atoms with van der Waals surface area (Å²) in [5, 5.41) is 5.72. The van der Waals surface area contributed by atoms with Crippen LogP contribution in [-0.4, -0.2) is 31.9 Å². The Morgan fingerprint density at radius 3 is 3.14 bits per heavy atom. The van der Waals surface area contributed by atoms with Crippen molar-refractivity contribution in [3.8, 4) is 0 Å². The highest BCUT2D eigenvalue weighted by Gasteiger charge is 2.21. The van der Waals surface area contributed by atoms with Crippen LogP contribution in [0.5, 0.6) is 0 Å². The van der Waals surface area contributed by atoms with Gasteiger partial charge in [-0.3, -0.25) is 14.2 Å². The molecule has 0 aromatic carbocycles. The first-order valence-electron chi connectivity index (χ1n) is 6.77. The first-order chi connectivity index (χ1) is 10.7. The van der Waals surface area contributed by atoms with Gasteiger partial charge in [-0.05, 0) is 6.92 Å². The summed E-state index contributed by atoms with van der Waals surface area (Å²) in [5.74, 6) is 0.962. The summed E-state index contributed by atoms with van der Waals surface area (Å²) in [6, 6.07) is 0. The van der Waals surface area contributed by atoms with Crippen LogP contribution >= 0.6 is 34.9 Å². The molecule has 0 saturated carbocycles. The van der Waals surface area contributed by atoms with E-state index in [1.807, 2.05) is 6.92 Å². The zero-order valence-corrected chi connectivity index (χ0v) is 14.3. The van der Waals surface area contributed by atoms with Crippen molar-refractivity contribution in [1.29, 1.82) is 0 Å². The van der Waals surface area contributed by atoms with Crippen LogP contribution in [0.2, 0.25) is 0 Å². The topological polar surface area (TPSA) is 76.9 Å². The van der Waals surface area contributed by atoms with E-state index >= 15 is 0 Å². The van der Waals surface area contributed by atoms with Gasteiger partial charge in [0.1, 0.15) is 0 Å². The van der Waals surface area contributed by atoms with Gasteiger partial charge in [-0.15, -0.1) is 23.1 Å². The molecule has 1 aliphatic heterocycles. The fourth-order valence-electron chi connectivity index (χ4n) is 2.08. The number of thiazole rings is 1. The Morgan fingerprint density at radius 2 is 2.41 bits per heavy atom. The van der Waals surface area contributed by atoms with E-state index in [0.717, 1.165) is 22.8 Å². The molecule has 116 valence electrons. The van der Waals surface area contributed by atoms with Gasteiger partial charge < -0.3 is 5.32 Å². The minimum atomic E-state index is -0.147. The molecule has 2 aromatic heterocycles. The van der Waals surface area contributed by atoms with Gasteiger partial charge in [0.05, 0.1) is 16.3 Å². The SMILES string of the molecule is CCn1c(SCC(=O)Nc2nccs2)nc2c(c1=O)SCC2. The number of hydrogen-bond donors (Lipinski definition) is 1. The Kier molecular flexibility index (Phi) is 4.84. The molecule has 22 heavy (non-hydrogen) atoms. The van der Waals surface area contributed by atoms with Crippen LogP contribution in [0.15, 0.2) is 26.4 Å². The number of thioether (sulfide) groups is 2. The van der Waals surface area contributed by atoms with Gasteiger partial charge in [0.25, 0.3) is 5.56 Å². The number of carbonyl (C=O) groups excluding carboxylic acids is 1. The van der Waals surface area contributed by atoms with Gasteiger partial charge in [0, 0.05) is 30.3 Å². The van der Waals surface area contributed by atoms with E-state index in [1.165, 1.54) is 23.1 Å². The van der Waals surface area contributed by atoms with Crippen molar-refractivity contribution in [3.05, 3.63) is 27.6 Å². The lowest BCUT2D eigenvalue weighted by molar-refractivity contribution is -0.113. The van der Waals surface area contributed by atoms with Crippen molar-refractivity contribution >= 4 is 45.9 Å². The predicted octanol–water partition coefficient (Wildman–Crippen LogP) is 2.10. The van der Waals surface area contributed by atoms with Crippen LogP contribution < -0.4 is 10.9 Å². The van der Waals surface area contributed by atoms with Gasteiger partial charge in [-0.25, -0.2) is 9.97 Å². The Hall–Kier alpha value is -1.32. The monoisotopic (exact) mass is 354 g/mol. The molecular formula is C13H14N4O2S3. The molecule has 0 saturated heterocycles. The minimum Gasteiger partial charge on any atom is -0.301 e. The number of anilines is 1. The lowest BCUT2D eigenvalue weighted by Gasteiger charge is -2.11. The largest absolute Gasteiger partial charge is 0.301 e. The first kappa shape index (κ1) is 15.6. The summed E-state index contributed by atoms with van der Waals surface area (Å²) in [6.07, 6.45) is 2.46. The molecule has 1 amide bonds. The molecule has 2 aromatic rings. The van der Waals surface area contributed by atoms with Crippen molar-refractivity contribution in [2.24, 2.45) is 0 Å². The number of nitrogens with zero attached hydrogens (tertiary/aromatic N) is 3. The fourth-order valence-corrected chi connectivity index (χ4v) is 4.55. The number of fused-ring (bicyclic) bond motifs is 1. The lowest BCUT2D eigenvalue weighted by Crippen LogP contribution is -2.25. The number of aryl methyl sites for hydroxylation is 1. The van der Waals surface area contributed by atoms with Crippen molar-refractivity contribution in [2.75, 3.05) is 16.8 Å². The van der Waals surface area contributed by atoms with E-state index in [0.29, 0.717) is 16.8 Å². The van der Waals surface area contributed by atoms with Crippen LogP contribution in [0.1, 0.15) is 12.6 Å². The third-order valence-corrected chi connectivity index (χ3v) is 5.85. The molecular weight excluding hydrogens is 340 g/mol. The molecule has 0 fully saturated rings. The van der Waals surface area contributed by atoms with Crippen molar-refractivity contribution in [2.45, 2.75) is 29.9 Å². The van der Waals surface area contributed by atoms with Crippen LogP contribution in [-0.2, 0) is 17.8 Å². The molecule has 6 nitrogen and oxygen atoms in total. The predicted molar refractivity (Wildman–Crippen MR) is 90.1 cm³/mol. The Balaban J connectivity index is 1.73. The van der Waals surface area contributed by atoms with Gasteiger partial charge in [0.2, 0.25) is 5.91 Å². The molecule has 0 spiro atoms. The molecule has 9 heteroatoms. The smallest absolute Gasteiger partial charge is 0.268 e. The normalized spacial score (nSPS) is 13.1. The third-order valence-electron chi connectivity index (χ3n) is 3.08. The zero-order valence-electron chi connectivity index (χ0n) is 11.9. The summed E-state index contributed by atoms with van der Waals surface area (Å²) in [6.45, 7) is 2.46. The van der Waals surface area contributed by atoms with E-state index in [-0.39, 0.29) is 17.2 Å². The molecule has 0 aliphatic carbocycles. The quantitative estimate of drug-likeness (QED) is 0.654. The first-order valence-corrected chi connectivity index (χ1v) is 9.62. The van der Waals surface area contributed by atoms with Crippen molar-refractivity contribution in [1.82, 2.24) is 14.5 Å². The fraction of sp³-hybridized carbons (Fsp3) is 0.385. The van der Waals surface area contributed by atoms with Crippen LogP contribution in [0.4, 0.5) is 5.13 Å². The van der Waals surface area contributed by atoms with Crippen LogP contribution in [0, 0.1) is 0 Å². The lowest BCUT2D eigenvalue weighted by atomic mass is 10.3. The zero-order chi connectivity index (χ0) is 15.5. The number of hydrogen-bond acceptors (Lipinski definition) is 7. The van der Waals surface area contributed by atoms with E-state index in [1.54, 1.807) is 27.9 Å². The van der Waals surface area contributed by atoms with E-state index in [2.05, 4.69) is 15.3 Å². The summed E-state index contributed by atoms with van der Waals surface area (Å²) in [7, 11) is 0. The number of rotatable bonds is 5. The molecule has 1 N–H and O–H groups in total. The van der Waals surface area contributed by atoms with E-state index in [4.69, 9.17) is 0 Å². The third kappa shape index (κ3) is 3.21. The van der Waals surface area contributed by atoms with Gasteiger partial charge >= 0.3 is 0 Å². The summed E-state index contributed by atoms with van der Waals surface area (Å²) in [5.41, 5.74) is 0.875. The maximum Gasteiger partial charge on any atom is 0.268 e. The summed E-state index contributed by atoms with van der Waals surface area (Å²) < 4.78 is 1.64. The van der Waals surface area contributed by atoms with E-state index < -0.39 is 0 Å². The average Bonchev–Trinajstić information content (AvgIpc) is 3.16. The highest BCUT2D eigenvalue weighted by atomic mass is 32.2. The second-order valence-corrected chi connectivity index (χ2v) is 7.43. The maximum atomic E-state index is 12.4.